The van der Waals surface area contributed by atoms with E-state index in [4.69, 9.17) is 14.5 Å². The quantitative estimate of drug-likeness (QED) is 0.115. The van der Waals surface area contributed by atoms with Crippen LogP contribution in [-0.4, -0.2) is 101 Å². The Bertz CT molecular complexity index is 2230. The number of halogens is 1. The van der Waals surface area contributed by atoms with Crippen LogP contribution in [-0.2, 0) is 15.8 Å². The molecule has 4 N–H and O–H groups in total. The van der Waals surface area contributed by atoms with Crippen LogP contribution in [0.25, 0.3) is 11.0 Å². The van der Waals surface area contributed by atoms with Gasteiger partial charge in [0.15, 0.2) is 6.23 Å². The van der Waals surface area contributed by atoms with Gasteiger partial charge in [-0.05, 0) is 90.5 Å². The maximum absolute atomic E-state index is 13.4. The summed E-state index contributed by atoms with van der Waals surface area (Å²) in [5.74, 6) is 2.07. The average Bonchev–Trinajstić information content (AvgIpc) is 3.17. The molecule has 288 valence electrons. The highest BCUT2D eigenvalue weighted by Gasteiger charge is 2.29. The molecule has 2 saturated heterocycles. The Morgan fingerprint density at radius 2 is 1.76 bits per heavy atom. The van der Waals surface area contributed by atoms with E-state index in [0.717, 1.165) is 56.1 Å². The molecule has 55 heavy (non-hydrogen) atoms. The molecule has 2 unspecified atom stereocenters. The molecule has 0 aliphatic carbocycles. The number of aryl methyl sites for hydroxylation is 1. The van der Waals surface area contributed by atoms with Gasteiger partial charge in [-0.2, -0.15) is 4.98 Å². The topological polar surface area (TPSA) is 167 Å². The third kappa shape index (κ3) is 9.02. The number of aromatic nitrogens is 4. The Morgan fingerprint density at radius 1 is 1.00 bits per heavy atom. The molecular weight excluding hydrogens is 785 g/mol. The van der Waals surface area contributed by atoms with Gasteiger partial charge in [0, 0.05) is 69.5 Å². The van der Waals surface area contributed by atoms with E-state index >= 15 is 0 Å². The monoisotopic (exact) mass is 829 g/mol. The molecule has 0 saturated carbocycles. The highest BCUT2D eigenvalue weighted by molar-refractivity contribution is 9.10. The lowest BCUT2D eigenvalue weighted by Gasteiger charge is -2.37. The van der Waals surface area contributed by atoms with E-state index in [1.54, 1.807) is 39.0 Å². The minimum absolute atomic E-state index is 0.154. The lowest BCUT2D eigenvalue weighted by atomic mass is 10.1. The molecule has 14 nitrogen and oxygen atoms in total. The minimum atomic E-state index is -2.76. The molecule has 5 aromatic rings. The highest BCUT2D eigenvalue weighted by Crippen LogP contribution is 2.41. The van der Waals surface area contributed by atoms with E-state index in [9.17, 15) is 14.5 Å². The predicted molar refractivity (Wildman–Crippen MR) is 219 cm³/mol. The van der Waals surface area contributed by atoms with Crippen molar-refractivity contribution in [1.29, 1.82) is 0 Å². The van der Waals surface area contributed by atoms with E-state index in [2.05, 4.69) is 87.8 Å². The van der Waals surface area contributed by atoms with Crippen LogP contribution in [0.15, 0.2) is 71.6 Å². The Kier molecular flexibility index (Phi) is 11.5. The molecule has 7 rings (SSSR count). The lowest BCUT2D eigenvalue weighted by Crippen LogP contribution is -2.50. The molecule has 2 aliphatic rings. The van der Waals surface area contributed by atoms with Gasteiger partial charge in [-0.3, -0.25) is 19.7 Å². The zero-order valence-corrected chi connectivity index (χ0v) is 33.7. The molecule has 2 fully saturated rings. The van der Waals surface area contributed by atoms with Crippen LogP contribution in [0, 0.1) is 6.92 Å². The van der Waals surface area contributed by atoms with E-state index in [1.807, 2.05) is 24.3 Å². The first-order chi connectivity index (χ1) is 26.4. The molecule has 2 aliphatic heterocycles. The summed E-state index contributed by atoms with van der Waals surface area (Å²) in [7, 11) is -1.11. The van der Waals surface area contributed by atoms with Gasteiger partial charge in [-0.25, -0.2) is 4.98 Å². The third-order valence-corrected chi connectivity index (χ3v) is 12.0. The summed E-state index contributed by atoms with van der Waals surface area (Å²) >= 11 is 3.57. The summed E-state index contributed by atoms with van der Waals surface area (Å²) in [4.78, 5) is 34.5. The van der Waals surface area contributed by atoms with Crippen molar-refractivity contribution in [3.05, 3.63) is 82.7 Å². The van der Waals surface area contributed by atoms with Crippen molar-refractivity contribution in [2.75, 3.05) is 68.7 Å². The number of carbonyl (C=O) groups excluding carboxylic acids is 1. The maximum atomic E-state index is 13.4. The first-order valence-corrected chi connectivity index (χ1v) is 21.6. The number of rotatable bonds is 12. The van der Waals surface area contributed by atoms with Crippen LogP contribution in [0.5, 0.6) is 11.5 Å². The SMILES string of the molecule is COc1cc(N2CCN(CCc3ccc(OC4CCC(=O)NC4O)cc3)CC2)c(C)cc1Nc1ncc(Br)c(Nc2ccc3nccnc3c2P(C)(C)=O)n1. The number of piperidine rings is 1. The van der Waals surface area contributed by atoms with Crippen LogP contribution >= 0.6 is 23.1 Å². The fourth-order valence-electron chi connectivity index (χ4n) is 7.01. The Morgan fingerprint density at radius 3 is 2.49 bits per heavy atom. The Labute approximate surface area is 328 Å². The minimum Gasteiger partial charge on any atom is -0.494 e. The number of carbonyl (C=O) groups is 1. The number of amides is 1. The molecule has 0 spiro atoms. The van der Waals surface area contributed by atoms with Gasteiger partial charge < -0.3 is 40.0 Å². The average molecular weight is 831 g/mol. The van der Waals surface area contributed by atoms with E-state index < -0.39 is 19.5 Å². The number of anilines is 5. The van der Waals surface area contributed by atoms with Crippen molar-refractivity contribution in [1.82, 2.24) is 30.2 Å². The van der Waals surface area contributed by atoms with Crippen LogP contribution in [0.2, 0.25) is 0 Å². The summed E-state index contributed by atoms with van der Waals surface area (Å²) in [6.45, 7) is 10.1. The number of piperazine rings is 1. The second-order valence-corrected chi connectivity index (χ2v) is 18.1. The summed E-state index contributed by atoms with van der Waals surface area (Å²) in [5, 5.41) is 19.9. The molecule has 1 amide bonds. The normalized spacial score (nSPS) is 17.9. The zero-order chi connectivity index (χ0) is 38.7. The molecule has 3 aromatic carbocycles. The van der Waals surface area contributed by atoms with Crippen molar-refractivity contribution in [2.45, 2.75) is 38.5 Å². The van der Waals surface area contributed by atoms with Gasteiger partial charge in [0.25, 0.3) is 0 Å². The maximum Gasteiger partial charge on any atom is 0.229 e. The van der Waals surface area contributed by atoms with Gasteiger partial charge in [0.05, 0.1) is 33.8 Å². The third-order valence-electron chi connectivity index (χ3n) is 9.87. The summed E-state index contributed by atoms with van der Waals surface area (Å²) in [6, 6.07) is 15.8. The number of hydrogen-bond donors (Lipinski definition) is 4. The molecule has 0 radical (unpaired) electrons. The number of aliphatic hydroxyl groups excluding tert-OH is 1. The van der Waals surface area contributed by atoms with Crippen molar-refractivity contribution in [2.24, 2.45) is 0 Å². The summed E-state index contributed by atoms with van der Waals surface area (Å²) in [5.41, 5.74) is 6.08. The second kappa shape index (κ2) is 16.5. The van der Waals surface area contributed by atoms with Crippen molar-refractivity contribution in [3.8, 4) is 11.5 Å². The first-order valence-electron chi connectivity index (χ1n) is 18.2. The largest absolute Gasteiger partial charge is 0.494 e. The molecule has 0 bridgehead atoms. The number of ether oxygens (including phenoxy) is 2. The van der Waals surface area contributed by atoms with Crippen LogP contribution in [0.4, 0.5) is 28.8 Å². The molecule has 16 heteroatoms. The number of benzene rings is 3. The van der Waals surface area contributed by atoms with Gasteiger partial charge in [-0.15, -0.1) is 0 Å². The first kappa shape index (κ1) is 38.5. The van der Waals surface area contributed by atoms with Gasteiger partial charge in [0.2, 0.25) is 11.9 Å². The number of hydrogen-bond acceptors (Lipinski definition) is 13. The zero-order valence-electron chi connectivity index (χ0n) is 31.3. The Balaban J connectivity index is 0.970. The number of aliphatic hydroxyl groups is 1. The van der Waals surface area contributed by atoms with E-state index in [-0.39, 0.29) is 5.91 Å². The molecular formula is C39H45BrN9O5P. The summed E-state index contributed by atoms with van der Waals surface area (Å²) < 4.78 is 25.9. The standard InChI is InChI=1S/C39H45BrN9O5P/c1-24-21-30(45-39-43-23-27(40)37(47-39)44-29-10-9-28-35(42-15-14-41-28)36(29)55(3,4)52)33(53-2)22-31(24)49-19-17-48(18-20-49)16-13-25-5-7-26(8-6-25)54-32-11-12-34(50)46-38(32)51/h5-10,14-15,21-23,32,38,51H,11-13,16-20H2,1-4H3,(H,46,50)(H2,43,44,45,47). The Hall–Kier alpha value is -4.82. The van der Waals surface area contributed by atoms with E-state index in [1.165, 1.54) is 5.56 Å². The molecule has 2 atom stereocenters. The highest BCUT2D eigenvalue weighted by atomic mass is 79.9. The molecule has 4 heterocycles. The van der Waals surface area contributed by atoms with Crippen LogP contribution in [0.1, 0.15) is 24.0 Å². The smallest absolute Gasteiger partial charge is 0.229 e. The summed E-state index contributed by atoms with van der Waals surface area (Å²) in [6.07, 6.45) is 5.22. The van der Waals surface area contributed by atoms with Crippen LogP contribution in [0.3, 0.4) is 0 Å². The van der Waals surface area contributed by atoms with Crippen molar-refractivity contribution in [3.63, 3.8) is 0 Å². The van der Waals surface area contributed by atoms with Crippen molar-refractivity contribution < 1.29 is 23.9 Å². The number of nitrogens with one attached hydrogen (secondary N) is 3. The number of fused-ring (bicyclic) bond motifs is 1. The molecule has 2 aromatic heterocycles. The van der Waals surface area contributed by atoms with Crippen LogP contribution < -0.4 is 35.6 Å². The van der Waals surface area contributed by atoms with Gasteiger partial charge in [0.1, 0.15) is 36.1 Å². The van der Waals surface area contributed by atoms with Gasteiger partial charge in [-0.1, -0.05) is 12.1 Å². The number of methoxy groups -OCH3 is 1. The van der Waals surface area contributed by atoms with Gasteiger partial charge >= 0.3 is 0 Å². The van der Waals surface area contributed by atoms with Crippen molar-refractivity contribution >= 4 is 74.1 Å². The van der Waals surface area contributed by atoms with E-state index in [0.29, 0.717) is 62.6 Å². The predicted octanol–water partition coefficient (Wildman–Crippen LogP) is 5.58. The fourth-order valence-corrected chi connectivity index (χ4v) is 8.69. The fraction of sp³-hybridized carbons (Fsp3) is 0.359. The number of nitrogens with zero attached hydrogens (tertiary/aromatic N) is 6. The second-order valence-electron chi connectivity index (χ2n) is 14.1. The lowest BCUT2D eigenvalue weighted by molar-refractivity contribution is -0.131.